The molecule has 2 bridgehead atoms. The second-order valence-electron chi connectivity index (χ2n) is 13.6. The van der Waals surface area contributed by atoms with Crippen molar-refractivity contribution in [2.75, 3.05) is 0 Å². The number of nitrogens with zero attached hydrogens (tertiary/aromatic N) is 1. The third-order valence-electron chi connectivity index (χ3n) is 6.69. The Morgan fingerprint density at radius 2 is 1.45 bits per heavy atom. The second-order valence-corrected chi connectivity index (χ2v) is 13.6. The SMILES string of the molecule is CCCC(NC(=O)C1C2CCC(C2)N1C(=O)[C@H](NC(=O)OC(C)(C)C)C(C)(C)C)C(=O)C(=O)OC(C)(C)C. The number of hydrogen-bond donors (Lipinski definition) is 2. The van der Waals surface area contributed by atoms with Gasteiger partial charge >= 0.3 is 12.1 Å². The largest absolute Gasteiger partial charge is 0.454 e. The highest BCUT2D eigenvalue weighted by atomic mass is 16.6. The lowest BCUT2D eigenvalue weighted by Crippen LogP contribution is -2.62. The number of likely N-dealkylation sites (tertiary alicyclic amines) is 1. The Hall–Kier alpha value is -2.65. The number of nitrogens with one attached hydrogen (secondary N) is 2. The number of esters is 1. The highest BCUT2D eigenvalue weighted by Crippen LogP contribution is 2.43. The Kier molecular flexibility index (Phi) is 9.65. The second kappa shape index (κ2) is 11.6. The number of carbonyl (C=O) groups excluding carboxylic acids is 5. The smallest absolute Gasteiger partial charge is 0.408 e. The van der Waals surface area contributed by atoms with E-state index in [0.717, 1.165) is 12.8 Å². The number of Topliss-reactive ketones (excluding diaryl/α,β-unsaturated/α-hetero) is 1. The number of alkyl carbamates (subject to hydrolysis) is 1. The number of amides is 3. The van der Waals surface area contributed by atoms with E-state index >= 15 is 0 Å². The van der Waals surface area contributed by atoms with Crippen molar-refractivity contribution in [3.05, 3.63) is 0 Å². The van der Waals surface area contributed by atoms with Crippen LogP contribution in [-0.4, -0.2) is 69.9 Å². The van der Waals surface area contributed by atoms with E-state index in [0.29, 0.717) is 12.8 Å². The number of piperidine rings is 1. The van der Waals surface area contributed by atoms with Crippen molar-refractivity contribution >= 4 is 29.7 Å². The number of hydrogen-bond acceptors (Lipinski definition) is 7. The molecule has 1 heterocycles. The molecule has 2 aliphatic rings. The van der Waals surface area contributed by atoms with Gasteiger partial charge in [-0.15, -0.1) is 0 Å². The maximum Gasteiger partial charge on any atom is 0.408 e. The normalized spacial score (nSPS) is 22.9. The molecule has 2 rings (SSSR count). The predicted molar refractivity (Wildman–Crippen MR) is 142 cm³/mol. The van der Waals surface area contributed by atoms with E-state index in [9.17, 15) is 24.0 Å². The van der Waals surface area contributed by atoms with Crippen molar-refractivity contribution in [3.8, 4) is 0 Å². The first-order valence-electron chi connectivity index (χ1n) is 13.6. The zero-order valence-electron chi connectivity index (χ0n) is 24.7. The molecule has 2 N–H and O–H groups in total. The van der Waals surface area contributed by atoms with Crippen LogP contribution in [0.3, 0.4) is 0 Å². The quantitative estimate of drug-likeness (QED) is 0.358. The van der Waals surface area contributed by atoms with Gasteiger partial charge in [0.15, 0.2) is 0 Å². The minimum atomic E-state index is -1.04. The number of ketones is 1. The average molecular weight is 538 g/mol. The summed E-state index contributed by atoms with van der Waals surface area (Å²) in [6.45, 7) is 17.6. The maximum absolute atomic E-state index is 13.9. The molecule has 10 nitrogen and oxygen atoms in total. The fraction of sp³-hybridized carbons (Fsp3) is 0.821. The van der Waals surface area contributed by atoms with Crippen LogP contribution in [0.4, 0.5) is 4.79 Å². The van der Waals surface area contributed by atoms with E-state index < -0.39 is 58.5 Å². The summed E-state index contributed by atoms with van der Waals surface area (Å²) in [6, 6.07) is -2.91. The van der Waals surface area contributed by atoms with Gasteiger partial charge in [-0.3, -0.25) is 14.4 Å². The Morgan fingerprint density at radius 3 is 1.95 bits per heavy atom. The van der Waals surface area contributed by atoms with E-state index in [1.807, 2.05) is 27.7 Å². The molecule has 1 aliphatic carbocycles. The van der Waals surface area contributed by atoms with Crippen LogP contribution in [0.25, 0.3) is 0 Å². The van der Waals surface area contributed by atoms with Gasteiger partial charge in [0.05, 0.1) is 6.04 Å². The molecule has 1 aliphatic heterocycles. The van der Waals surface area contributed by atoms with Crippen LogP contribution >= 0.6 is 0 Å². The summed E-state index contributed by atoms with van der Waals surface area (Å²) in [6.07, 6.45) is 2.34. The summed E-state index contributed by atoms with van der Waals surface area (Å²) in [5.41, 5.74) is -2.24. The molecule has 2 fully saturated rings. The van der Waals surface area contributed by atoms with Crippen molar-refractivity contribution in [3.63, 3.8) is 0 Å². The van der Waals surface area contributed by atoms with Gasteiger partial charge in [0.1, 0.15) is 23.3 Å². The summed E-state index contributed by atoms with van der Waals surface area (Å²) in [5.74, 6) is -2.70. The molecule has 10 heteroatoms. The molecule has 1 saturated carbocycles. The monoisotopic (exact) mass is 537 g/mol. The number of ether oxygens (including phenoxy) is 2. The zero-order chi connectivity index (χ0) is 29.2. The minimum Gasteiger partial charge on any atom is -0.454 e. The fourth-order valence-corrected chi connectivity index (χ4v) is 5.15. The van der Waals surface area contributed by atoms with Crippen LogP contribution in [0, 0.1) is 11.3 Å². The summed E-state index contributed by atoms with van der Waals surface area (Å²) in [7, 11) is 0. The molecule has 4 unspecified atom stereocenters. The van der Waals surface area contributed by atoms with Gasteiger partial charge in [0.25, 0.3) is 5.78 Å². The van der Waals surface area contributed by atoms with Gasteiger partial charge in [-0.1, -0.05) is 34.1 Å². The molecule has 0 aromatic heterocycles. The Balaban J connectivity index is 2.28. The third kappa shape index (κ3) is 8.17. The molecule has 216 valence electrons. The molecule has 0 aromatic carbocycles. The summed E-state index contributed by atoms with van der Waals surface area (Å²) in [5, 5.41) is 5.48. The van der Waals surface area contributed by atoms with Crippen LogP contribution in [0.1, 0.15) is 101 Å². The molecule has 38 heavy (non-hydrogen) atoms. The average Bonchev–Trinajstić information content (AvgIpc) is 3.34. The van der Waals surface area contributed by atoms with Crippen LogP contribution in [0.15, 0.2) is 0 Å². The van der Waals surface area contributed by atoms with Gasteiger partial charge in [-0.2, -0.15) is 0 Å². The van der Waals surface area contributed by atoms with Gasteiger partial charge < -0.3 is 25.0 Å². The topological polar surface area (TPSA) is 131 Å². The first-order chi connectivity index (χ1) is 17.2. The molecular weight excluding hydrogens is 490 g/mol. The van der Waals surface area contributed by atoms with E-state index in [-0.39, 0.29) is 24.3 Å². The van der Waals surface area contributed by atoms with E-state index in [1.54, 1.807) is 46.4 Å². The van der Waals surface area contributed by atoms with Crippen molar-refractivity contribution in [1.82, 2.24) is 15.5 Å². The first kappa shape index (κ1) is 31.6. The van der Waals surface area contributed by atoms with Crippen LogP contribution in [0.2, 0.25) is 0 Å². The molecule has 3 amide bonds. The minimum absolute atomic E-state index is 0.0648. The van der Waals surface area contributed by atoms with E-state index in [4.69, 9.17) is 9.47 Å². The van der Waals surface area contributed by atoms with Crippen LogP contribution in [0.5, 0.6) is 0 Å². The standard InChI is InChI=1S/C28H47N3O7/c1-11-12-18(20(32)24(35)37-27(5,6)7)29-22(33)19-16-13-14-17(15-16)31(19)23(34)21(26(2,3)4)30-25(36)38-28(8,9)10/h16-19,21H,11-15H2,1-10H3,(H,29,33)(H,30,36)/t16?,17?,18?,19?,21-/m0/s1. The summed E-state index contributed by atoms with van der Waals surface area (Å²) < 4.78 is 10.6. The van der Waals surface area contributed by atoms with Gasteiger partial charge in [0.2, 0.25) is 11.8 Å². The van der Waals surface area contributed by atoms with Gasteiger partial charge in [0, 0.05) is 6.04 Å². The number of rotatable bonds is 8. The van der Waals surface area contributed by atoms with Crippen molar-refractivity contribution in [2.45, 2.75) is 137 Å². The zero-order valence-corrected chi connectivity index (χ0v) is 24.7. The van der Waals surface area contributed by atoms with E-state index in [1.165, 1.54) is 0 Å². The van der Waals surface area contributed by atoms with Crippen molar-refractivity contribution in [1.29, 1.82) is 0 Å². The summed E-state index contributed by atoms with van der Waals surface area (Å²) >= 11 is 0. The highest BCUT2D eigenvalue weighted by Gasteiger charge is 2.54. The van der Waals surface area contributed by atoms with Gasteiger partial charge in [-0.05, 0) is 78.6 Å². The summed E-state index contributed by atoms with van der Waals surface area (Å²) in [4.78, 5) is 67.1. The van der Waals surface area contributed by atoms with Crippen LogP contribution < -0.4 is 10.6 Å². The molecule has 0 spiro atoms. The number of fused-ring (bicyclic) bond motifs is 2. The van der Waals surface area contributed by atoms with Crippen molar-refractivity contribution in [2.24, 2.45) is 11.3 Å². The van der Waals surface area contributed by atoms with Crippen molar-refractivity contribution < 1.29 is 33.4 Å². The Morgan fingerprint density at radius 1 is 0.868 bits per heavy atom. The number of carbonyl (C=O) groups is 5. The molecule has 1 saturated heterocycles. The van der Waals surface area contributed by atoms with Crippen LogP contribution in [-0.2, 0) is 28.7 Å². The highest BCUT2D eigenvalue weighted by molar-refractivity contribution is 6.36. The predicted octanol–water partition coefficient (Wildman–Crippen LogP) is 3.50. The fourth-order valence-electron chi connectivity index (χ4n) is 5.15. The Bertz CT molecular complexity index is 926. The van der Waals surface area contributed by atoms with E-state index in [2.05, 4.69) is 10.6 Å². The lowest BCUT2D eigenvalue weighted by Gasteiger charge is -2.40. The third-order valence-corrected chi connectivity index (χ3v) is 6.69. The molecular formula is C28H47N3O7. The molecule has 0 aromatic rings. The lowest BCUT2D eigenvalue weighted by atomic mass is 9.85. The van der Waals surface area contributed by atoms with Gasteiger partial charge in [-0.25, -0.2) is 9.59 Å². The Labute approximate surface area is 226 Å². The first-order valence-corrected chi connectivity index (χ1v) is 13.6. The maximum atomic E-state index is 13.9. The molecule has 0 radical (unpaired) electrons. The lowest BCUT2D eigenvalue weighted by molar-refractivity contribution is -0.163. The molecule has 5 atom stereocenters.